The van der Waals surface area contributed by atoms with Gasteiger partial charge in [0.05, 0.1) is 12.8 Å². The fourth-order valence-electron chi connectivity index (χ4n) is 1.36. The van der Waals surface area contributed by atoms with E-state index in [-0.39, 0.29) is 5.97 Å². The highest BCUT2D eigenvalue weighted by molar-refractivity contribution is 5.74. The number of carbonyl (C=O) groups is 1. The van der Waals surface area contributed by atoms with Crippen molar-refractivity contribution in [2.24, 2.45) is 0 Å². The van der Waals surface area contributed by atoms with Crippen molar-refractivity contribution in [2.75, 3.05) is 7.11 Å². The second-order valence-electron chi connectivity index (χ2n) is 3.53. The van der Waals surface area contributed by atoms with Gasteiger partial charge in [-0.1, -0.05) is 6.92 Å². The van der Waals surface area contributed by atoms with Crippen LogP contribution in [0.15, 0.2) is 12.1 Å². The van der Waals surface area contributed by atoms with Crippen molar-refractivity contribution in [3.05, 3.63) is 23.5 Å². The summed E-state index contributed by atoms with van der Waals surface area (Å²) in [7, 11) is 1.34. The molecule has 0 saturated carbocycles. The lowest BCUT2D eigenvalue weighted by Crippen LogP contribution is -2.25. The van der Waals surface area contributed by atoms with E-state index in [2.05, 4.69) is 9.72 Å². The first-order chi connectivity index (χ1) is 7.58. The average Bonchev–Trinajstić information content (AvgIpc) is 2.30. The van der Waals surface area contributed by atoms with Gasteiger partial charge in [0.1, 0.15) is 5.75 Å². The molecule has 0 saturated heterocycles. The molecular weight excluding hydrogens is 206 g/mol. The molecule has 88 valence electrons. The molecule has 0 aliphatic rings. The molecule has 4 nitrogen and oxygen atoms in total. The smallest absolute Gasteiger partial charge is 0.346 e. The summed E-state index contributed by atoms with van der Waals surface area (Å²) >= 11 is 0. The molecule has 0 aromatic carbocycles. The number of ether oxygens (including phenoxy) is 2. The maximum absolute atomic E-state index is 11.2. The Kier molecular flexibility index (Phi) is 4.28. The van der Waals surface area contributed by atoms with E-state index in [1.807, 2.05) is 26.0 Å². The van der Waals surface area contributed by atoms with Crippen molar-refractivity contribution in [1.82, 2.24) is 4.98 Å². The molecule has 0 aliphatic carbocycles. The van der Waals surface area contributed by atoms with E-state index < -0.39 is 6.10 Å². The number of nitrogens with zero attached hydrogens (tertiary/aromatic N) is 1. The van der Waals surface area contributed by atoms with Gasteiger partial charge in [0, 0.05) is 5.69 Å². The third-order valence-corrected chi connectivity index (χ3v) is 2.24. The van der Waals surface area contributed by atoms with E-state index in [4.69, 9.17) is 4.74 Å². The molecular formula is C12H17NO3. The summed E-state index contributed by atoms with van der Waals surface area (Å²) in [4.78, 5) is 15.6. The van der Waals surface area contributed by atoms with Crippen molar-refractivity contribution in [3.8, 4) is 5.75 Å². The number of carbonyl (C=O) groups excluding carboxylic acids is 1. The van der Waals surface area contributed by atoms with Crippen molar-refractivity contribution in [1.29, 1.82) is 0 Å². The largest absolute Gasteiger partial charge is 0.477 e. The molecule has 0 bridgehead atoms. The number of hydrogen-bond acceptors (Lipinski definition) is 4. The Morgan fingerprint density at radius 2 is 2.19 bits per heavy atom. The zero-order valence-corrected chi connectivity index (χ0v) is 10.1. The molecule has 1 aromatic rings. The van der Waals surface area contributed by atoms with Crippen LogP contribution in [-0.4, -0.2) is 24.2 Å². The van der Waals surface area contributed by atoms with Gasteiger partial charge in [0.2, 0.25) is 0 Å². The van der Waals surface area contributed by atoms with Gasteiger partial charge in [-0.2, -0.15) is 0 Å². The minimum atomic E-state index is -0.611. The normalized spacial score (nSPS) is 12.0. The van der Waals surface area contributed by atoms with Gasteiger partial charge in [0.15, 0.2) is 6.10 Å². The van der Waals surface area contributed by atoms with E-state index in [0.29, 0.717) is 5.75 Å². The summed E-state index contributed by atoms with van der Waals surface area (Å²) < 4.78 is 10.1. The SMILES string of the molecule is CCc1nc(C)ccc1O[C@H](C)C(=O)OC. The maximum atomic E-state index is 11.2. The fraction of sp³-hybridized carbons (Fsp3) is 0.500. The minimum absolute atomic E-state index is 0.386. The second kappa shape index (κ2) is 5.49. The zero-order chi connectivity index (χ0) is 12.1. The molecule has 1 atom stereocenters. The monoisotopic (exact) mass is 223 g/mol. The van der Waals surface area contributed by atoms with Crippen LogP contribution in [0.1, 0.15) is 25.2 Å². The summed E-state index contributed by atoms with van der Waals surface area (Å²) in [5, 5.41) is 0. The molecule has 0 unspecified atom stereocenters. The van der Waals surface area contributed by atoms with Gasteiger partial charge in [-0.15, -0.1) is 0 Å². The lowest BCUT2D eigenvalue weighted by Gasteiger charge is -2.14. The lowest BCUT2D eigenvalue weighted by atomic mass is 10.2. The molecule has 0 spiro atoms. The van der Waals surface area contributed by atoms with Crippen LogP contribution in [0.5, 0.6) is 5.75 Å². The third-order valence-electron chi connectivity index (χ3n) is 2.24. The van der Waals surface area contributed by atoms with Crippen LogP contribution in [-0.2, 0) is 16.0 Å². The van der Waals surface area contributed by atoms with Gasteiger partial charge in [0.25, 0.3) is 0 Å². The summed E-state index contributed by atoms with van der Waals surface area (Å²) in [5.41, 5.74) is 1.80. The second-order valence-corrected chi connectivity index (χ2v) is 3.53. The van der Waals surface area contributed by atoms with Crippen molar-refractivity contribution in [2.45, 2.75) is 33.3 Å². The fourth-order valence-corrected chi connectivity index (χ4v) is 1.36. The molecule has 0 radical (unpaired) electrons. The number of methoxy groups -OCH3 is 1. The number of aryl methyl sites for hydroxylation is 2. The van der Waals surface area contributed by atoms with Crippen molar-refractivity contribution < 1.29 is 14.3 Å². The first kappa shape index (κ1) is 12.5. The van der Waals surface area contributed by atoms with Crippen molar-refractivity contribution in [3.63, 3.8) is 0 Å². The summed E-state index contributed by atoms with van der Waals surface area (Å²) in [6, 6.07) is 3.69. The van der Waals surface area contributed by atoms with Gasteiger partial charge in [-0.25, -0.2) is 4.79 Å². The highest BCUT2D eigenvalue weighted by atomic mass is 16.6. The Morgan fingerprint density at radius 3 is 2.75 bits per heavy atom. The lowest BCUT2D eigenvalue weighted by molar-refractivity contribution is -0.147. The number of esters is 1. The van der Waals surface area contributed by atoms with Crippen LogP contribution >= 0.6 is 0 Å². The van der Waals surface area contributed by atoms with Crippen LogP contribution in [0, 0.1) is 6.92 Å². The summed E-state index contributed by atoms with van der Waals surface area (Å²) in [6.45, 7) is 5.58. The van der Waals surface area contributed by atoms with E-state index in [0.717, 1.165) is 17.8 Å². The Morgan fingerprint density at radius 1 is 1.50 bits per heavy atom. The molecule has 0 amide bonds. The Balaban J connectivity index is 2.84. The Bertz CT molecular complexity index is 377. The Labute approximate surface area is 95.6 Å². The molecule has 1 rings (SSSR count). The number of rotatable bonds is 4. The van der Waals surface area contributed by atoms with Crippen LogP contribution in [0.2, 0.25) is 0 Å². The van der Waals surface area contributed by atoms with Crippen LogP contribution in [0.3, 0.4) is 0 Å². The Hall–Kier alpha value is -1.58. The van der Waals surface area contributed by atoms with Gasteiger partial charge >= 0.3 is 5.97 Å². The van der Waals surface area contributed by atoms with E-state index in [9.17, 15) is 4.79 Å². The van der Waals surface area contributed by atoms with E-state index >= 15 is 0 Å². The molecule has 0 N–H and O–H groups in total. The third kappa shape index (κ3) is 2.95. The minimum Gasteiger partial charge on any atom is -0.477 e. The zero-order valence-electron chi connectivity index (χ0n) is 10.1. The molecule has 0 fully saturated rings. The standard InChI is InChI=1S/C12H17NO3/c1-5-10-11(7-6-8(2)13-10)16-9(3)12(14)15-4/h6-7,9H,5H2,1-4H3/t9-/m1/s1. The molecule has 0 aliphatic heterocycles. The molecule has 1 heterocycles. The number of pyridine rings is 1. The average molecular weight is 223 g/mol. The van der Waals surface area contributed by atoms with E-state index in [1.165, 1.54) is 7.11 Å². The number of hydrogen-bond donors (Lipinski definition) is 0. The quantitative estimate of drug-likeness (QED) is 0.731. The van der Waals surface area contributed by atoms with Crippen LogP contribution in [0.25, 0.3) is 0 Å². The highest BCUT2D eigenvalue weighted by Crippen LogP contribution is 2.19. The summed E-state index contributed by atoms with van der Waals surface area (Å²) in [5.74, 6) is 0.258. The first-order valence-electron chi connectivity index (χ1n) is 5.29. The van der Waals surface area contributed by atoms with Gasteiger partial charge in [-0.05, 0) is 32.4 Å². The predicted molar refractivity (Wildman–Crippen MR) is 60.5 cm³/mol. The molecule has 1 aromatic heterocycles. The highest BCUT2D eigenvalue weighted by Gasteiger charge is 2.16. The number of aromatic nitrogens is 1. The van der Waals surface area contributed by atoms with Crippen molar-refractivity contribution >= 4 is 5.97 Å². The molecule has 16 heavy (non-hydrogen) atoms. The van der Waals surface area contributed by atoms with Crippen LogP contribution < -0.4 is 4.74 Å². The molecule has 4 heteroatoms. The summed E-state index contributed by atoms with van der Waals surface area (Å²) in [6.07, 6.45) is 0.157. The van der Waals surface area contributed by atoms with E-state index in [1.54, 1.807) is 6.92 Å². The van der Waals surface area contributed by atoms with Crippen LogP contribution in [0.4, 0.5) is 0 Å². The first-order valence-corrected chi connectivity index (χ1v) is 5.29. The van der Waals surface area contributed by atoms with Gasteiger partial charge < -0.3 is 9.47 Å². The van der Waals surface area contributed by atoms with Gasteiger partial charge in [-0.3, -0.25) is 4.98 Å². The topological polar surface area (TPSA) is 48.4 Å². The predicted octanol–water partition coefficient (Wildman–Crippen LogP) is 1.89. The maximum Gasteiger partial charge on any atom is 0.346 e.